The van der Waals surface area contributed by atoms with Gasteiger partial charge in [-0.3, -0.25) is 4.79 Å². The van der Waals surface area contributed by atoms with Crippen LogP contribution in [0.1, 0.15) is 33.1 Å². The van der Waals surface area contributed by atoms with E-state index in [4.69, 9.17) is 9.47 Å². The van der Waals surface area contributed by atoms with Crippen LogP contribution in [-0.4, -0.2) is 26.3 Å². The van der Waals surface area contributed by atoms with Crippen LogP contribution in [-0.2, 0) is 14.3 Å². The van der Waals surface area contributed by atoms with Crippen LogP contribution >= 0.6 is 0 Å². The first-order valence-electron chi connectivity index (χ1n) is 4.89. The lowest BCUT2D eigenvalue weighted by Gasteiger charge is -2.13. The molecule has 0 bridgehead atoms. The van der Waals surface area contributed by atoms with Crippen molar-refractivity contribution in [1.29, 1.82) is 0 Å². The molecule has 0 aromatic rings. The van der Waals surface area contributed by atoms with Crippen molar-refractivity contribution in [2.45, 2.75) is 33.1 Å². The van der Waals surface area contributed by atoms with Crippen LogP contribution in [0.5, 0.6) is 0 Å². The molecule has 1 atom stereocenters. The highest BCUT2D eigenvalue weighted by Gasteiger charge is 2.13. The lowest BCUT2D eigenvalue weighted by Crippen LogP contribution is -2.15. The molecule has 0 fully saturated rings. The van der Waals surface area contributed by atoms with Gasteiger partial charge in [-0.15, -0.1) is 0 Å². The van der Waals surface area contributed by atoms with Crippen molar-refractivity contribution in [2.24, 2.45) is 5.92 Å². The Morgan fingerprint density at radius 2 is 2.08 bits per heavy atom. The summed E-state index contributed by atoms with van der Waals surface area (Å²) < 4.78 is 9.90. The molecule has 78 valence electrons. The highest BCUT2D eigenvalue weighted by molar-refractivity contribution is 5.69. The van der Waals surface area contributed by atoms with Crippen LogP contribution < -0.4 is 0 Å². The summed E-state index contributed by atoms with van der Waals surface area (Å²) in [6.07, 6.45) is 2.58. The Kier molecular flexibility index (Phi) is 7.69. The number of esters is 1. The number of rotatable bonds is 7. The van der Waals surface area contributed by atoms with Gasteiger partial charge in [0.05, 0.1) is 13.0 Å². The van der Waals surface area contributed by atoms with Gasteiger partial charge in [0.1, 0.15) is 0 Å². The number of carbonyl (C=O) groups excluding carboxylic acids is 1. The van der Waals surface area contributed by atoms with Gasteiger partial charge in [-0.1, -0.05) is 13.3 Å². The maximum atomic E-state index is 11.1. The average Bonchev–Trinajstić information content (AvgIpc) is 2.05. The summed E-state index contributed by atoms with van der Waals surface area (Å²) in [7, 11) is 1.66. The summed E-state index contributed by atoms with van der Waals surface area (Å²) in [5, 5.41) is 0. The Labute approximate surface area is 80.4 Å². The Bertz CT molecular complexity index is 128. The fraction of sp³-hybridized carbons (Fsp3) is 0.900. The first kappa shape index (κ1) is 12.4. The SMILES string of the molecule is CCC[C@@H](COC)CC(=O)OCC. The molecule has 0 saturated heterocycles. The minimum Gasteiger partial charge on any atom is -0.466 e. The van der Waals surface area contributed by atoms with Crippen molar-refractivity contribution in [1.82, 2.24) is 0 Å². The highest BCUT2D eigenvalue weighted by atomic mass is 16.5. The van der Waals surface area contributed by atoms with Gasteiger partial charge >= 0.3 is 5.97 Å². The average molecular weight is 188 g/mol. The molecular formula is C10H20O3. The van der Waals surface area contributed by atoms with Gasteiger partial charge in [-0.25, -0.2) is 0 Å². The lowest BCUT2D eigenvalue weighted by atomic mass is 10.0. The van der Waals surface area contributed by atoms with Crippen molar-refractivity contribution in [3.63, 3.8) is 0 Å². The lowest BCUT2D eigenvalue weighted by molar-refractivity contribution is -0.144. The monoisotopic (exact) mass is 188 g/mol. The Morgan fingerprint density at radius 1 is 1.38 bits per heavy atom. The highest BCUT2D eigenvalue weighted by Crippen LogP contribution is 2.12. The van der Waals surface area contributed by atoms with Crippen LogP contribution in [0, 0.1) is 5.92 Å². The molecule has 0 aliphatic rings. The molecule has 0 unspecified atom stereocenters. The number of ether oxygens (including phenoxy) is 2. The van der Waals surface area contributed by atoms with Crippen LogP contribution in [0.15, 0.2) is 0 Å². The van der Waals surface area contributed by atoms with Gasteiger partial charge in [0, 0.05) is 13.7 Å². The van der Waals surface area contributed by atoms with E-state index >= 15 is 0 Å². The summed E-state index contributed by atoms with van der Waals surface area (Å²) in [5.74, 6) is 0.201. The van der Waals surface area contributed by atoms with Crippen LogP contribution in [0.25, 0.3) is 0 Å². The number of carbonyl (C=O) groups is 1. The van der Waals surface area contributed by atoms with E-state index in [1.165, 1.54) is 0 Å². The van der Waals surface area contributed by atoms with Gasteiger partial charge in [-0.05, 0) is 19.3 Å². The minimum atomic E-state index is -0.113. The predicted octanol–water partition coefficient (Wildman–Crippen LogP) is 2.00. The van der Waals surface area contributed by atoms with Crippen molar-refractivity contribution in [3.05, 3.63) is 0 Å². The molecule has 0 spiro atoms. The normalized spacial score (nSPS) is 12.5. The number of hydrogen-bond donors (Lipinski definition) is 0. The second-order valence-corrected chi connectivity index (χ2v) is 3.12. The van der Waals surface area contributed by atoms with Gasteiger partial charge in [0.25, 0.3) is 0 Å². The molecule has 0 rings (SSSR count). The maximum Gasteiger partial charge on any atom is 0.306 e. The van der Waals surface area contributed by atoms with Crippen LogP contribution in [0.4, 0.5) is 0 Å². The molecule has 0 saturated carbocycles. The van der Waals surface area contributed by atoms with Crippen molar-refractivity contribution in [3.8, 4) is 0 Å². The Morgan fingerprint density at radius 3 is 2.54 bits per heavy atom. The zero-order valence-corrected chi connectivity index (χ0v) is 8.84. The second kappa shape index (κ2) is 8.05. The third-order valence-corrected chi connectivity index (χ3v) is 1.86. The molecular weight excluding hydrogens is 168 g/mol. The molecule has 0 aliphatic heterocycles. The predicted molar refractivity (Wildman–Crippen MR) is 51.5 cm³/mol. The summed E-state index contributed by atoms with van der Waals surface area (Å²) in [6.45, 7) is 5.04. The standard InChI is InChI=1S/C10H20O3/c1-4-6-9(8-12-3)7-10(11)13-5-2/h9H,4-8H2,1-3H3/t9-/m1/s1. The fourth-order valence-corrected chi connectivity index (χ4v) is 1.34. The largest absolute Gasteiger partial charge is 0.466 e. The minimum absolute atomic E-state index is 0.113. The maximum absolute atomic E-state index is 11.1. The molecule has 0 N–H and O–H groups in total. The second-order valence-electron chi connectivity index (χ2n) is 3.12. The van der Waals surface area contributed by atoms with E-state index in [0.29, 0.717) is 25.6 Å². The Balaban J connectivity index is 3.71. The van der Waals surface area contributed by atoms with Crippen molar-refractivity contribution < 1.29 is 14.3 Å². The first-order valence-corrected chi connectivity index (χ1v) is 4.89. The summed E-state index contributed by atoms with van der Waals surface area (Å²) in [5.41, 5.74) is 0. The zero-order chi connectivity index (χ0) is 10.1. The molecule has 0 radical (unpaired) electrons. The molecule has 3 nitrogen and oxygen atoms in total. The molecule has 0 aromatic carbocycles. The van der Waals surface area contributed by atoms with E-state index in [1.54, 1.807) is 7.11 Å². The number of hydrogen-bond acceptors (Lipinski definition) is 3. The van der Waals surface area contributed by atoms with E-state index in [2.05, 4.69) is 6.92 Å². The summed E-state index contributed by atoms with van der Waals surface area (Å²) >= 11 is 0. The zero-order valence-electron chi connectivity index (χ0n) is 8.84. The third-order valence-electron chi connectivity index (χ3n) is 1.86. The van der Waals surface area contributed by atoms with E-state index in [0.717, 1.165) is 12.8 Å². The van der Waals surface area contributed by atoms with Gasteiger partial charge in [-0.2, -0.15) is 0 Å². The molecule has 0 amide bonds. The number of methoxy groups -OCH3 is 1. The van der Waals surface area contributed by atoms with E-state index in [-0.39, 0.29) is 5.97 Å². The van der Waals surface area contributed by atoms with Gasteiger partial charge in [0.15, 0.2) is 0 Å². The first-order chi connectivity index (χ1) is 6.24. The molecule has 13 heavy (non-hydrogen) atoms. The van der Waals surface area contributed by atoms with E-state index < -0.39 is 0 Å². The molecule has 0 aliphatic carbocycles. The van der Waals surface area contributed by atoms with Gasteiger partial charge in [0.2, 0.25) is 0 Å². The molecule has 3 heteroatoms. The fourth-order valence-electron chi connectivity index (χ4n) is 1.34. The summed E-state index contributed by atoms with van der Waals surface area (Å²) in [4.78, 5) is 11.1. The van der Waals surface area contributed by atoms with E-state index in [9.17, 15) is 4.79 Å². The Hall–Kier alpha value is -0.570. The van der Waals surface area contributed by atoms with E-state index in [1.807, 2.05) is 6.92 Å². The smallest absolute Gasteiger partial charge is 0.306 e. The van der Waals surface area contributed by atoms with Crippen molar-refractivity contribution >= 4 is 5.97 Å². The van der Waals surface area contributed by atoms with Crippen LogP contribution in [0.3, 0.4) is 0 Å². The topological polar surface area (TPSA) is 35.5 Å². The van der Waals surface area contributed by atoms with Crippen molar-refractivity contribution in [2.75, 3.05) is 20.3 Å². The molecule has 0 aromatic heterocycles. The quantitative estimate of drug-likeness (QED) is 0.573. The summed E-state index contributed by atoms with van der Waals surface area (Å²) in [6, 6.07) is 0. The third kappa shape index (κ3) is 6.58. The van der Waals surface area contributed by atoms with Gasteiger partial charge < -0.3 is 9.47 Å². The molecule has 0 heterocycles. The van der Waals surface area contributed by atoms with Crippen LogP contribution in [0.2, 0.25) is 0 Å².